The first-order valence-corrected chi connectivity index (χ1v) is 12.0. The Morgan fingerprint density at radius 2 is 1.57 bits per heavy atom. The molecule has 9 heteroatoms. The fourth-order valence-electron chi connectivity index (χ4n) is 3.45. The van der Waals surface area contributed by atoms with E-state index in [0.717, 1.165) is 15.6 Å². The van der Waals surface area contributed by atoms with E-state index in [1.54, 1.807) is 24.3 Å². The van der Waals surface area contributed by atoms with Crippen LogP contribution in [0.15, 0.2) is 83.3 Å². The predicted octanol–water partition coefficient (Wildman–Crippen LogP) is 5.13. The number of hydrogen-bond donors (Lipinski definition) is 5. The second-order valence-corrected chi connectivity index (χ2v) is 8.86. The van der Waals surface area contributed by atoms with Crippen LogP contribution in [0.25, 0.3) is 0 Å². The van der Waals surface area contributed by atoms with Crippen LogP contribution >= 0.6 is 15.9 Å². The molecule has 37 heavy (non-hydrogen) atoms. The van der Waals surface area contributed by atoms with Gasteiger partial charge in [0.05, 0.1) is 6.04 Å². The Kier molecular flexibility index (Phi) is 13.3. The summed E-state index contributed by atoms with van der Waals surface area (Å²) in [5, 5.41) is 20.2. The van der Waals surface area contributed by atoms with Gasteiger partial charge in [0.1, 0.15) is 11.8 Å². The fraction of sp³-hybridized carbons (Fsp3) is 0.214. The summed E-state index contributed by atoms with van der Waals surface area (Å²) in [6, 6.07) is 23.9. The second-order valence-electron chi connectivity index (χ2n) is 7.94. The number of nitrogen functional groups attached to an aromatic ring is 1. The number of aryl methyl sites for hydroxylation is 1. The summed E-state index contributed by atoms with van der Waals surface area (Å²) in [4.78, 5) is 34.6. The summed E-state index contributed by atoms with van der Waals surface area (Å²) in [7, 11) is 0. The zero-order chi connectivity index (χ0) is 26.5. The normalized spacial score (nSPS) is 11.4. The van der Waals surface area contributed by atoms with Crippen LogP contribution in [0.2, 0.25) is 0 Å². The largest absolute Gasteiger partial charge is 0.483 e. The highest BCUT2D eigenvalue weighted by Crippen LogP contribution is 2.19. The van der Waals surface area contributed by atoms with Crippen LogP contribution in [0.1, 0.15) is 43.5 Å². The number of halogens is 1. The first-order valence-electron chi connectivity index (χ1n) is 11.2. The van der Waals surface area contributed by atoms with Crippen molar-refractivity contribution in [3.8, 4) is 0 Å². The van der Waals surface area contributed by atoms with Gasteiger partial charge >= 0.3 is 0 Å². The monoisotopic (exact) mass is 568 g/mol. The summed E-state index contributed by atoms with van der Waals surface area (Å²) >= 11 is 3.42. The molecule has 0 radical (unpaired) electrons. The van der Waals surface area contributed by atoms with Crippen molar-refractivity contribution in [2.24, 2.45) is 11.7 Å². The Labute approximate surface area is 225 Å². The van der Waals surface area contributed by atoms with Gasteiger partial charge in [-0.05, 0) is 67.3 Å². The van der Waals surface area contributed by atoms with E-state index in [0.29, 0.717) is 24.1 Å². The molecule has 3 aromatic rings. The van der Waals surface area contributed by atoms with Gasteiger partial charge in [-0.25, -0.2) is 0 Å². The zero-order valence-corrected chi connectivity index (χ0v) is 21.4. The Morgan fingerprint density at radius 1 is 1.00 bits per heavy atom. The summed E-state index contributed by atoms with van der Waals surface area (Å²) in [6.07, 6.45) is 0.975. The molecule has 0 aromatic heterocycles. The van der Waals surface area contributed by atoms with Crippen LogP contribution in [-0.2, 0) is 20.8 Å². The third kappa shape index (κ3) is 10.3. The molecule has 2 amide bonds. The van der Waals surface area contributed by atoms with Gasteiger partial charge in [-0.15, -0.1) is 0 Å². The van der Waals surface area contributed by atoms with Gasteiger partial charge in [-0.3, -0.25) is 19.8 Å². The summed E-state index contributed by atoms with van der Waals surface area (Å²) in [5.74, 6) is -1.60. The summed E-state index contributed by atoms with van der Waals surface area (Å²) in [5.41, 5.74) is 8.62. The molecule has 1 unspecified atom stereocenters. The SMILES string of the molecule is C.C[C@@H](NC(=O)C(CCc1ccccc1)C(=O)Nc1ccc(C(=N)N)cc1)c1ccc(Br)cc1.O=CO. The fourth-order valence-corrected chi connectivity index (χ4v) is 3.71. The molecule has 0 heterocycles. The maximum absolute atomic E-state index is 13.2. The molecular weight excluding hydrogens is 536 g/mol. The van der Waals surface area contributed by atoms with Gasteiger partial charge < -0.3 is 21.5 Å². The molecule has 0 fully saturated rings. The van der Waals surface area contributed by atoms with Crippen LogP contribution in [0.3, 0.4) is 0 Å². The number of nitrogens with two attached hydrogens (primary N) is 1. The smallest absolute Gasteiger partial charge is 0.290 e. The Morgan fingerprint density at radius 3 is 2.11 bits per heavy atom. The molecule has 0 saturated heterocycles. The van der Waals surface area contributed by atoms with Gasteiger partial charge in [-0.1, -0.05) is 65.8 Å². The van der Waals surface area contributed by atoms with Gasteiger partial charge in [0.2, 0.25) is 11.8 Å². The first kappa shape index (κ1) is 31.1. The van der Waals surface area contributed by atoms with E-state index in [2.05, 4.69) is 26.6 Å². The highest BCUT2D eigenvalue weighted by atomic mass is 79.9. The molecule has 0 spiro atoms. The highest BCUT2D eigenvalue weighted by molar-refractivity contribution is 9.10. The number of carboxylic acid groups (broad SMARTS) is 1. The zero-order valence-electron chi connectivity index (χ0n) is 19.8. The number of amidine groups is 1. The lowest BCUT2D eigenvalue weighted by molar-refractivity contribution is -0.133. The van der Waals surface area contributed by atoms with Crippen molar-refractivity contribution in [2.75, 3.05) is 5.32 Å². The quantitative estimate of drug-likeness (QED) is 0.105. The van der Waals surface area contributed by atoms with Crippen LogP contribution in [-0.4, -0.2) is 29.2 Å². The molecule has 3 rings (SSSR count). The Hall–Kier alpha value is -3.98. The van der Waals surface area contributed by atoms with Gasteiger partial charge in [-0.2, -0.15) is 0 Å². The van der Waals surface area contributed by atoms with Crippen molar-refractivity contribution < 1.29 is 19.5 Å². The molecule has 0 aliphatic rings. The third-order valence-corrected chi connectivity index (χ3v) is 5.92. The van der Waals surface area contributed by atoms with Crippen molar-refractivity contribution in [2.45, 2.75) is 33.2 Å². The molecule has 3 aromatic carbocycles. The van der Waals surface area contributed by atoms with Crippen LogP contribution in [0, 0.1) is 11.3 Å². The maximum atomic E-state index is 13.2. The molecule has 8 nitrogen and oxygen atoms in total. The van der Waals surface area contributed by atoms with E-state index in [1.165, 1.54) is 0 Å². The van der Waals surface area contributed by atoms with E-state index in [1.807, 2.05) is 61.5 Å². The molecule has 196 valence electrons. The second kappa shape index (κ2) is 15.9. The van der Waals surface area contributed by atoms with E-state index in [9.17, 15) is 9.59 Å². The van der Waals surface area contributed by atoms with Crippen LogP contribution < -0.4 is 16.4 Å². The maximum Gasteiger partial charge on any atom is 0.290 e. The molecular formula is C28H33BrN4O4. The van der Waals surface area contributed by atoms with E-state index in [-0.39, 0.29) is 37.6 Å². The van der Waals surface area contributed by atoms with Gasteiger partial charge in [0.15, 0.2) is 0 Å². The number of anilines is 1. The molecule has 6 N–H and O–H groups in total. The number of hydrogen-bond acceptors (Lipinski definition) is 4. The summed E-state index contributed by atoms with van der Waals surface area (Å²) < 4.78 is 0.959. The average molecular weight is 570 g/mol. The lowest BCUT2D eigenvalue weighted by Crippen LogP contribution is -2.39. The number of carbonyl (C=O) groups excluding carboxylic acids is 2. The lowest BCUT2D eigenvalue weighted by Gasteiger charge is -2.21. The Balaban J connectivity index is 0.00000163. The van der Waals surface area contributed by atoms with Gasteiger partial charge in [0, 0.05) is 15.7 Å². The van der Waals surface area contributed by atoms with Crippen LogP contribution in [0.4, 0.5) is 5.69 Å². The van der Waals surface area contributed by atoms with E-state index < -0.39 is 5.92 Å². The van der Waals surface area contributed by atoms with Crippen molar-refractivity contribution >= 4 is 45.7 Å². The number of benzene rings is 3. The number of amides is 2. The number of rotatable bonds is 9. The van der Waals surface area contributed by atoms with Crippen molar-refractivity contribution in [1.82, 2.24) is 5.32 Å². The topological polar surface area (TPSA) is 145 Å². The van der Waals surface area contributed by atoms with Crippen molar-refractivity contribution in [3.63, 3.8) is 0 Å². The minimum absolute atomic E-state index is 0. The van der Waals surface area contributed by atoms with E-state index >= 15 is 0 Å². The molecule has 0 aliphatic carbocycles. The van der Waals surface area contributed by atoms with Crippen molar-refractivity contribution in [3.05, 3.63) is 100 Å². The molecule has 0 bridgehead atoms. The van der Waals surface area contributed by atoms with Crippen molar-refractivity contribution in [1.29, 1.82) is 5.41 Å². The minimum atomic E-state index is -0.865. The van der Waals surface area contributed by atoms with Gasteiger partial charge in [0.25, 0.3) is 6.47 Å². The average Bonchev–Trinajstić information content (AvgIpc) is 2.86. The highest BCUT2D eigenvalue weighted by Gasteiger charge is 2.28. The minimum Gasteiger partial charge on any atom is -0.483 e. The Bertz CT molecular complexity index is 1150. The van der Waals surface area contributed by atoms with Crippen LogP contribution in [0.5, 0.6) is 0 Å². The molecule has 2 atom stereocenters. The first-order chi connectivity index (χ1) is 17.2. The standard InChI is InChI=1S/C26H27BrN4O2.CH2O2.CH4/c1-17(19-8-12-21(27)13-9-19)30-25(32)23(16-7-18-5-3-2-4-6-18)26(33)31-22-14-10-20(11-15-22)24(28)29;2-1-3;/h2-6,8-15,17,23H,7,16H2,1H3,(H3,28,29)(H,30,32)(H,31,33);1H,(H,2,3);1H4/t17-,23?;;/m1../s1. The lowest BCUT2D eigenvalue weighted by atomic mass is 9.96. The number of nitrogens with one attached hydrogen (secondary N) is 3. The molecule has 0 saturated carbocycles. The molecule has 0 aliphatic heterocycles. The predicted molar refractivity (Wildman–Crippen MR) is 150 cm³/mol. The number of carbonyl (C=O) groups is 3. The van der Waals surface area contributed by atoms with E-state index in [4.69, 9.17) is 21.0 Å². The third-order valence-electron chi connectivity index (χ3n) is 5.39. The summed E-state index contributed by atoms with van der Waals surface area (Å²) in [6.45, 7) is 1.65.